The summed E-state index contributed by atoms with van der Waals surface area (Å²) in [4.78, 5) is 11.6. The van der Waals surface area contributed by atoms with E-state index in [1.54, 1.807) is 24.3 Å². The van der Waals surface area contributed by atoms with Crippen LogP contribution in [0.2, 0.25) is 0 Å². The molecule has 0 radical (unpaired) electrons. The summed E-state index contributed by atoms with van der Waals surface area (Å²) in [7, 11) is 0. The van der Waals surface area contributed by atoms with Crippen LogP contribution < -0.4 is 4.74 Å². The Hall–Kier alpha value is -3.14. The minimum atomic E-state index is -0.849. The smallest absolute Gasteiger partial charge is 0.311 e. The number of rotatable bonds is 6. The first-order valence-electron chi connectivity index (χ1n) is 7.92. The maximum Gasteiger partial charge on any atom is 0.311 e. The predicted octanol–water partition coefficient (Wildman–Crippen LogP) is 5.03. The minimum absolute atomic E-state index is 0.316. The molecule has 0 heterocycles. The molecule has 3 aromatic carbocycles. The molecule has 0 aromatic heterocycles. The lowest BCUT2D eigenvalue weighted by Gasteiger charge is -2.13. The molecule has 0 saturated carbocycles. The summed E-state index contributed by atoms with van der Waals surface area (Å²) in [6.45, 7) is 0. The summed E-state index contributed by atoms with van der Waals surface area (Å²) in [5.74, 6) is -0.602. The molecule has 3 aromatic rings. The summed E-state index contributed by atoms with van der Waals surface area (Å²) in [6, 6.07) is 22.2. The summed E-state index contributed by atoms with van der Waals surface area (Å²) >= 11 is 0. The normalized spacial score (nSPS) is 11.7. The fourth-order valence-corrected chi connectivity index (χ4v) is 2.60. The van der Waals surface area contributed by atoms with E-state index < -0.39 is 11.9 Å². The third-order valence-corrected chi connectivity index (χ3v) is 3.91. The number of aliphatic carboxylic acids is 1. The zero-order valence-electron chi connectivity index (χ0n) is 13.4. The first-order chi connectivity index (χ1) is 12.1. The molecule has 0 aliphatic rings. The molecule has 3 rings (SSSR count). The SMILES string of the molecule is O=C(O)C(Cc1ccc(Oc2ccc(F)cc2)cc1)c1ccccc1. The van der Waals surface area contributed by atoms with Gasteiger partial charge in [0.05, 0.1) is 5.92 Å². The summed E-state index contributed by atoms with van der Waals surface area (Å²) in [6.07, 6.45) is 0.399. The first kappa shape index (κ1) is 16.7. The number of carboxylic acid groups (broad SMARTS) is 1. The van der Waals surface area contributed by atoms with Crippen molar-refractivity contribution in [2.24, 2.45) is 0 Å². The molecule has 0 bridgehead atoms. The summed E-state index contributed by atoms with van der Waals surface area (Å²) in [5.41, 5.74) is 1.68. The maximum absolute atomic E-state index is 12.9. The highest BCUT2D eigenvalue weighted by molar-refractivity contribution is 5.76. The molecule has 4 heteroatoms. The van der Waals surface area contributed by atoms with Gasteiger partial charge in [0, 0.05) is 0 Å². The van der Waals surface area contributed by atoms with Gasteiger partial charge >= 0.3 is 5.97 Å². The number of carbonyl (C=O) groups is 1. The quantitative estimate of drug-likeness (QED) is 0.687. The van der Waals surface area contributed by atoms with Gasteiger partial charge in [0.25, 0.3) is 0 Å². The standard InChI is InChI=1S/C21H17FO3/c22-17-8-12-19(13-9-17)25-18-10-6-15(7-11-18)14-20(21(23)24)16-4-2-1-3-5-16/h1-13,20H,14H2,(H,23,24). The van der Waals surface area contributed by atoms with Gasteiger partial charge in [-0.2, -0.15) is 0 Å². The third-order valence-electron chi connectivity index (χ3n) is 3.91. The monoisotopic (exact) mass is 336 g/mol. The molecule has 0 fully saturated rings. The number of carboxylic acids is 1. The zero-order chi connectivity index (χ0) is 17.6. The fraction of sp³-hybridized carbons (Fsp3) is 0.0952. The van der Waals surface area contributed by atoms with Crippen LogP contribution in [0.25, 0.3) is 0 Å². The van der Waals surface area contributed by atoms with Crippen molar-refractivity contribution in [3.63, 3.8) is 0 Å². The molecule has 0 aliphatic carbocycles. The molecule has 0 aliphatic heterocycles. The van der Waals surface area contributed by atoms with E-state index in [0.717, 1.165) is 11.1 Å². The van der Waals surface area contributed by atoms with Crippen LogP contribution in [0.15, 0.2) is 78.9 Å². The third kappa shape index (κ3) is 4.44. The van der Waals surface area contributed by atoms with E-state index in [2.05, 4.69) is 0 Å². The van der Waals surface area contributed by atoms with Gasteiger partial charge in [-0.05, 0) is 53.9 Å². The molecule has 3 nitrogen and oxygen atoms in total. The highest BCUT2D eigenvalue weighted by Crippen LogP contribution is 2.25. The van der Waals surface area contributed by atoms with E-state index in [1.807, 2.05) is 42.5 Å². The second kappa shape index (κ2) is 7.62. The van der Waals surface area contributed by atoms with Crippen molar-refractivity contribution < 1.29 is 19.0 Å². The minimum Gasteiger partial charge on any atom is -0.481 e. The summed E-state index contributed by atoms with van der Waals surface area (Å²) < 4.78 is 18.5. The van der Waals surface area contributed by atoms with E-state index in [-0.39, 0.29) is 5.82 Å². The van der Waals surface area contributed by atoms with Crippen molar-refractivity contribution in [1.29, 1.82) is 0 Å². The number of halogens is 1. The van der Waals surface area contributed by atoms with Crippen LogP contribution in [0, 0.1) is 5.82 Å². The Bertz CT molecular complexity index is 827. The van der Waals surface area contributed by atoms with Crippen molar-refractivity contribution in [3.8, 4) is 11.5 Å². The van der Waals surface area contributed by atoms with Gasteiger partial charge in [-0.15, -0.1) is 0 Å². The van der Waals surface area contributed by atoms with Crippen molar-refractivity contribution in [1.82, 2.24) is 0 Å². The van der Waals surface area contributed by atoms with Gasteiger partial charge in [-0.1, -0.05) is 42.5 Å². The largest absolute Gasteiger partial charge is 0.481 e. The van der Waals surface area contributed by atoms with Crippen molar-refractivity contribution in [3.05, 3.63) is 95.8 Å². The Morgan fingerprint density at radius 3 is 2.00 bits per heavy atom. The number of hydrogen-bond acceptors (Lipinski definition) is 2. The van der Waals surface area contributed by atoms with Gasteiger partial charge in [-0.3, -0.25) is 4.79 Å². The second-order valence-electron chi connectivity index (χ2n) is 5.71. The summed E-state index contributed by atoms with van der Waals surface area (Å²) in [5, 5.41) is 9.50. The van der Waals surface area contributed by atoms with Gasteiger partial charge in [0.2, 0.25) is 0 Å². The Balaban J connectivity index is 1.71. The van der Waals surface area contributed by atoms with Crippen molar-refractivity contribution >= 4 is 5.97 Å². The maximum atomic E-state index is 12.9. The van der Waals surface area contributed by atoms with Gasteiger partial charge in [-0.25, -0.2) is 4.39 Å². The van der Waals surface area contributed by atoms with E-state index in [4.69, 9.17) is 4.74 Å². The van der Waals surface area contributed by atoms with Crippen LogP contribution in [0.5, 0.6) is 11.5 Å². The molecule has 25 heavy (non-hydrogen) atoms. The van der Waals surface area contributed by atoms with Gasteiger partial charge < -0.3 is 9.84 Å². The van der Waals surface area contributed by atoms with E-state index in [1.165, 1.54) is 12.1 Å². The van der Waals surface area contributed by atoms with Gasteiger partial charge in [0.15, 0.2) is 0 Å². The molecule has 0 amide bonds. The fourth-order valence-electron chi connectivity index (χ4n) is 2.60. The highest BCUT2D eigenvalue weighted by atomic mass is 19.1. The van der Waals surface area contributed by atoms with Crippen LogP contribution in [0.3, 0.4) is 0 Å². The average Bonchev–Trinajstić information content (AvgIpc) is 2.63. The molecule has 126 valence electrons. The van der Waals surface area contributed by atoms with Crippen LogP contribution in [-0.2, 0) is 11.2 Å². The van der Waals surface area contributed by atoms with E-state index >= 15 is 0 Å². The van der Waals surface area contributed by atoms with Crippen LogP contribution in [-0.4, -0.2) is 11.1 Å². The molecule has 1 unspecified atom stereocenters. The van der Waals surface area contributed by atoms with E-state index in [0.29, 0.717) is 17.9 Å². The lowest BCUT2D eigenvalue weighted by atomic mass is 9.92. The number of benzene rings is 3. The Kier molecular flexibility index (Phi) is 5.09. The first-order valence-corrected chi connectivity index (χ1v) is 7.92. The molecule has 0 spiro atoms. The second-order valence-corrected chi connectivity index (χ2v) is 5.71. The lowest BCUT2D eigenvalue weighted by Crippen LogP contribution is -2.14. The molecule has 1 atom stereocenters. The number of ether oxygens (including phenoxy) is 1. The highest BCUT2D eigenvalue weighted by Gasteiger charge is 2.20. The topological polar surface area (TPSA) is 46.5 Å². The van der Waals surface area contributed by atoms with Crippen LogP contribution in [0.1, 0.15) is 17.0 Å². The Morgan fingerprint density at radius 1 is 0.880 bits per heavy atom. The lowest BCUT2D eigenvalue weighted by molar-refractivity contribution is -0.138. The van der Waals surface area contributed by atoms with Crippen molar-refractivity contribution in [2.75, 3.05) is 0 Å². The molecule has 1 N–H and O–H groups in total. The zero-order valence-corrected chi connectivity index (χ0v) is 13.4. The average molecular weight is 336 g/mol. The van der Waals surface area contributed by atoms with Crippen LogP contribution in [0.4, 0.5) is 4.39 Å². The molecular formula is C21H17FO3. The van der Waals surface area contributed by atoms with Crippen molar-refractivity contribution in [2.45, 2.75) is 12.3 Å². The van der Waals surface area contributed by atoms with Crippen LogP contribution >= 0.6 is 0 Å². The molecule has 0 saturated heterocycles. The van der Waals surface area contributed by atoms with E-state index in [9.17, 15) is 14.3 Å². The molecular weight excluding hydrogens is 319 g/mol. The van der Waals surface area contributed by atoms with Gasteiger partial charge in [0.1, 0.15) is 17.3 Å². The number of hydrogen-bond donors (Lipinski definition) is 1. The Morgan fingerprint density at radius 2 is 1.44 bits per heavy atom. The Labute approximate surface area is 145 Å². The predicted molar refractivity (Wildman–Crippen MR) is 93.4 cm³/mol.